The van der Waals surface area contributed by atoms with Crippen molar-refractivity contribution in [2.75, 3.05) is 10.6 Å². The first-order chi connectivity index (χ1) is 11.7. The van der Waals surface area contributed by atoms with Gasteiger partial charge in [0.05, 0.1) is 0 Å². The zero-order chi connectivity index (χ0) is 18.6. The molecule has 0 radical (unpaired) electrons. The molecule has 25 heavy (non-hydrogen) atoms. The van der Waals surface area contributed by atoms with Gasteiger partial charge >= 0.3 is 0 Å². The predicted molar refractivity (Wildman–Crippen MR) is 104 cm³/mol. The van der Waals surface area contributed by atoms with Crippen molar-refractivity contribution in [2.24, 2.45) is 17.3 Å². The topological polar surface area (TPSA) is 58.2 Å². The molecule has 2 N–H and O–H groups in total. The van der Waals surface area contributed by atoms with Gasteiger partial charge in [0.2, 0.25) is 11.8 Å². The molecule has 138 valence electrons. The van der Waals surface area contributed by atoms with Crippen molar-refractivity contribution < 1.29 is 9.59 Å². The Kier molecular flexibility index (Phi) is 6.26. The van der Waals surface area contributed by atoms with Gasteiger partial charge in [-0.1, -0.05) is 33.8 Å². The van der Waals surface area contributed by atoms with Crippen LogP contribution >= 0.6 is 0 Å². The third-order valence-corrected chi connectivity index (χ3v) is 5.42. The number of rotatable bonds is 4. The van der Waals surface area contributed by atoms with Gasteiger partial charge in [0.1, 0.15) is 0 Å². The van der Waals surface area contributed by atoms with Crippen LogP contribution in [0.2, 0.25) is 0 Å². The molecule has 2 rings (SSSR count). The molecular weight excluding hydrogens is 312 g/mol. The van der Waals surface area contributed by atoms with Gasteiger partial charge in [-0.15, -0.1) is 0 Å². The van der Waals surface area contributed by atoms with Crippen LogP contribution in [0.4, 0.5) is 11.4 Å². The van der Waals surface area contributed by atoms with E-state index in [0.29, 0.717) is 17.8 Å². The van der Waals surface area contributed by atoms with Crippen molar-refractivity contribution in [2.45, 2.75) is 66.7 Å². The highest BCUT2D eigenvalue weighted by molar-refractivity contribution is 5.95. The number of nitrogens with one attached hydrogen (secondary N) is 2. The molecule has 0 saturated heterocycles. The largest absolute Gasteiger partial charge is 0.326 e. The van der Waals surface area contributed by atoms with Gasteiger partial charge in [-0.25, -0.2) is 0 Å². The highest BCUT2D eigenvalue weighted by atomic mass is 16.2. The van der Waals surface area contributed by atoms with Crippen LogP contribution < -0.4 is 10.6 Å². The normalized spacial score (nSPS) is 20.8. The van der Waals surface area contributed by atoms with Crippen LogP contribution in [0.5, 0.6) is 0 Å². The average Bonchev–Trinajstić information content (AvgIpc) is 2.57. The first-order valence-corrected chi connectivity index (χ1v) is 9.42. The third-order valence-electron chi connectivity index (χ3n) is 5.42. The van der Waals surface area contributed by atoms with Gasteiger partial charge in [0.15, 0.2) is 0 Å². The molecule has 1 aromatic carbocycles. The zero-order valence-corrected chi connectivity index (χ0v) is 16.2. The van der Waals surface area contributed by atoms with Gasteiger partial charge in [0, 0.05) is 23.7 Å². The van der Waals surface area contributed by atoms with Crippen molar-refractivity contribution in [3.05, 3.63) is 23.8 Å². The molecule has 0 aromatic heterocycles. The molecule has 0 atom stereocenters. The Hall–Kier alpha value is -1.84. The van der Waals surface area contributed by atoms with Crippen molar-refractivity contribution in [3.63, 3.8) is 0 Å². The maximum Gasteiger partial charge on any atom is 0.227 e. The lowest BCUT2D eigenvalue weighted by molar-refractivity contribution is -0.121. The van der Waals surface area contributed by atoms with Crippen LogP contribution in [-0.2, 0) is 9.59 Å². The fraction of sp³-hybridized carbons (Fsp3) is 0.619. The summed E-state index contributed by atoms with van der Waals surface area (Å²) in [6, 6.07) is 5.64. The van der Waals surface area contributed by atoms with Crippen LogP contribution in [0.1, 0.15) is 65.4 Å². The van der Waals surface area contributed by atoms with E-state index in [4.69, 9.17) is 0 Å². The molecule has 1 aliphatic rings. The lowest BCUT2D eigenvalue weighted by Gasteiger charge is -2.36. The van der Waals surface area contributed by atoms with E-state index in [1.54, 1.807) is 0 Å². The second kappa shape index (κ2) is 8.03. The summed E-state index contributed by atoms with van der Waals surface area (Å²) >= 11 is 0. The van der Waals surface area contributed by atoms with Crippen LogP contribution in [0.3, 0.4) is 0 Å². The van der Waals surface area contributed by atoms with Gasteiger partial charge in [0.25, 0.3) is 0 Å². The molecule has 4 nitrogen and oxygen atoms in total. The molecule has 0 bridgehead atoms. The van der Waals surface area contributed by atoms with E-state index < -0.39 is 0 Å². The molecule has 4 heteroatoms. The molecule has 0 unspecified atom stereocenters. The summed E-state index contributed by atoms with van der Waals surface area (Å²) in [6.07, 6.45) is 4.59. The van der Waals surface area contributed by atoms with Crippen LogP contribution in [-0.4, -0.2) is 11.8 Å². The van der Waals surface area contributed by atoms with Crippen molar-refractivity contribution in [1.29, 1.82) is 0 Å². The minimum absolute atomic E-state index is 0.0263. The van der Waals surface area contributed by atoms with E-state index in [2.05, 4.69) is 31.4 Å². The lowest BCUT2D eigenvalue weighted by atomic mass is 9.69. The third kappa shape index (κ3) is 5.32. The molecule has 0 heterocycles. The monoisotopic (exact) mass is 344 g/mol. The first kappa shape index (κ1) is 19.5. The summed E-state index contributed by atoms with van der Waals surface area (Å²) in [4.78, 5) is 24.2. The van der Waals surface area contributed by atoms with Crippen LogP contribution in [0, 0.1) is 24.2 Å². The Morgan fingerprint density at radius 1 is 1.08 bits per heavy atom. The molecule has 2 amide bonds. The first-order valence-electron chi connectivity index (χ1n) is 9.42. The maximum absolute atomic E-state index is 12.7. The number of aryl methyl sites for hydroxylation is 1. The number of carbonyl (C=O) groups excluding carboxylic acids is 2. The second-order valence-electron chi connectivity index (χ2n) is 8.34. The zero-order valence-electron chi connectivity index (χ0n) is 16.2. The number of anilines is 2. The second-order valence-corrected chi connectivity index (χ2v) is 8.34. The summed E-state index contributed by atoms with van der Waals surface area (Å²) in [5.74, 6) is 0.869. The maximum atomic E-state index is 12.7. The van der Waals surface area contributed by atoms with Gasteiger partial charge in [-0.2, -0.15) is 0 Å². The Labute approximate surface area is 151 Å². The fourth-order valence-electron chi connectivity index (χ4n) is 3.54. The fourth-order valence-corrected chi connectivity index (χ4v) is 3.54. The Morgan fingerprint density at radius 2 is 1.72 bits per heavy atom. The Balaban J connectivity index is 1.99. The average molecular weight is 344 g/mol. The van der Waals surface area contributed by atoms with Crippen molar-refractivity contribution >= 4 is 23.2 Å². The summed E-state index contributed by atoms with van der Waals surface area (Å²) < 4.78 is 0. The SMILES string of the molecule is CCC(=O)Nc1ccc(C)c(NC(=O)C2CCC(C(C)(C)C)CC2)c1. The molecular formula is C21H32N2O2. The minimum atomic E-state index is -0.0263. The van der Waals surface area contributed by atoms with E-state index in [1.165, 1.54) is 0 Å². The highest BCUT2D eigenvalue weighted by Gasteiger charge is 2.32. The Bertz CT molecular complexity index is 623. The summed E-state index contributed by atoms with van der Waals surface area (Å²) in [7, 11) is 0. The Morgan fingerprint density at radius 3 is 2.28 bits per heavy atom. The summed E-state index contributed by atoms with van der Waals surface area (Å²) in [5.41, 5.74) is 2.84. The lowest BCUT2D eigenvalue weighted by Crippen LogP contribution is -2.31. The number of amides is 2. The smallest absolute Gasteiger partial charge is 0.227 e. The van der Waals surface area contributed by atoms with E-state index in [-0.39, 0.29) is 17.7 Å². The van der Waals surface area contributed by atoms with Gasteiger partial charge in [-0.3, -0.25) is 9.59 Å². The van der Waals surface area contributed by atoms with E-state index in [0.717, 1.165) is 42.6 Å². The predicted octanol–water partition coefficient (Wildman–Crippen LogP) is 5.13. The number of carbonyl (C=O) groups is 2. The molecule has 1 saturated carbocycles. The van der Waals surface area contributed by atoms with Crippen molar-refractivity contribution in [1.82, 2.24) is 0 Å². The van der Waals surface area contributed by atoms with E-state index in [9.17, 15) is 9.59 Å². The molecule has 1 fully saturated rings. The summed E-state index contributed by atoms with van der Waals surface area (Å²) in [6.45, 7) is 10.7. The van der Waals surface area contributed by atoms with Crippen LogP contribution in [0.25, 0.3) is 0 Å². The number of hydrogen-bond acceptors (Lipinski definition) is 2. The van der Waals surface area contributed by atoms with Crippen molar-refractivity contribution in [3.8, 4) is 0 Å². The quantitative estimate of drug-likeness (QED) is 0.795. The molecule has 0 aliphatic heterocycles. The van der Waals surface area contributed by atoms with Crippen LogP contribution in [0.15, 0.2) is 18.2 Å². The minimum Gasteiger partial charge on any atom is -0.326 e. The van der Waals surface area contributed by atoms with E-state index in [1.807, 2.05) is 32.0 Å². The molecule has 0 spiro atoms. The van der Waals surface area contributed by atoms with Gasteiger partial charge < -0.3 is 10.6 Å². The van der Waals surface area contributed by atoms with E-state index >= 15 is 0 Å². The number of hydrogen-bond donors (Lipinski definition) is 2. The molecule has 1 aliphatic carbocycles. The highest BCUT2D eigenvalue weighted by Crippen LogP contribution is 2.40. The summed E-state index contributed by atoms with van der Waals surface area (Å²) in [5, 5.41) is 5.92. The number of benzene rings is 1. The molecule has 1 aromatic rings. The van der Waals surface area contributed by atoms with Gasteiger partial charge in [-0.05, 0) is 61.6 Å². The standard InChI is InChI=1S/C21H32N2O2/c1-6-19(24)22-17-12-7-14(2)18(13-17)23-20(25)15-8-10-16(11-9-15)21(3,4)5/h7,12-13,15-16H,6,8-11H2,1-5H3,(H,22,24)(H,23,25).